The Morgan fingerprint density at radius 3 is 2.65 bits per heavy atom. The van der Waals surface area contributed by atoms with Crippen LogP contribution in [0.4, 0.5) is 5.69 Å². The molecule has 20 heavy (non-hydrogen) atoms. The van der Waals surface area contributed by atoms with Crippen molar-refractivity contribution in [2.24, 2.45) is 0 Å². The van der Waals surface area contributed by atoms with Crippen LogP contribution in [0.3, 0.4) is 0 Å². The number of hydrogen-bond donors (Lipinski definition) is 1. The Morgan fingerprint density at radius 2 is 2.15 bits per heavy atom. The van der Waals surface area contributed by atoms with E-state index >= 15 is 0 Å². The molecule has 0 saturated carbocycles. The molecule has 0 amide bonds. The lowest BCUT2D eigenvalue weighted by Crippen LogP contribution is -2.08. The normalized spacial score (nSPS) is 10.6. The van der Waals surface area contributed by atoms with Gasteiger partial charge in [-0.05, 0) is 39.0 Å². The van der Waals surface area contributed by atoms with E-state index in [2.05, 4.69) is 5.10 Å². The zero-order chi connectivity index (χ0) is 14.9. The summed E-state index contributed by atoms with van der Waals surface area (Å²) in [5, 5.41) is 4.95. The number of nitrogen functional groups attached to an aromatic ring is 1. The van der Waals surface area contributed by atoms with Gasteiger partial charge in [-0.15, -0.1) is 0 Å². The molecule has 0 unspecified atom stereocenters. The minimum Gasteiger partial charge on any atom is -0.462 e. The number of hydrogen-bond acceptors (Lipinski definition) is 4. The minimum absolute atomic E-state index is 0.327. The molecule has 1 heterocycles. The molecule has 6 heteroatoms. The fourth-order valence-electron chi connectivity index (χ4n) is 1.95. The molecule has 2 aromatic rings. The molecular formula is C14H16ClN3O2. The molecule has 0 aliphatic rings. The van der Waals surface area contributed by atoms with E-state index in [1.165, 1.54) is 0 Å². The van der Waals surface area contributed by atoms with Crippen molar-refractivity contribution in [2.45, 2.75) is 20.8 Å². The maximum atomic E-state index is 11.6. The lowest BCUT2D eigenvalue weighted by Gasteiger charge is -2.09. The Morgan fingerprint density at radius 1 is 1.45 bits per heavy atom. The highest BCUT2D eigenvalue weighted by Gasteiger charge is 2.14. The van der Waals surface area contributed by atoms with Crippen molar-refractivity contribution in [1.29, 1.82) is 0 Å². The van der Waals surface area contributed by atoms with Gasteiger partial charge >= 0.3 is 5.97 Å². The Bertz CT molecular complexity index is 665. The average molecular weight is 294 g/mol. The van der Waals surface area contributed by atoms with Gasteiger partial charge in [0.05, 0.1) is 40.0 Å². The van der Waals surface area contributed by atoms with Crippen molar-refractivity contribution in [2.75, 3.05) is 12.3 Å². The molecule has 0 aliphatic heterocycles. The average Bonchev–Trinajstić information content (AvgIpc) is 2.66. The van der Waals surface area contributed by atoms with E-state index in [1.807, 2.05) is 13.8 Å². The molecule has 5 nitrogen and oxygen atoms in total. The molecule has 0 radical (unpaired) electrons. The zero-order valence-electron chi connectivity index (χ0n) is 11.6. The number of carbonyl (C=O) groups is 1. The zero-order valence-corrected chi connectivity index (χ0v) is 12.4. The van der Waals surface area contributed by atoms with Crippen molar-refractivity contribution in [1.82, 2.24) is 9.78 Å². The molecule has 1 aromatic heterocycles. The Balaban J connectivity index is 2.44. The number of aromatic nitrogens is 2. The van der Waals surface area contributed by atoms with Gasteiger partial charge in [-0.3, -0.25) is 0 Å². The fourth-order valence-corrected chi connectivity index (χ4v) is 2.06. The number of ether oxygens (including phenoxy) is 1. The van der Waals surface area contributed by atoms with Crippen LogP contribution in [0.1, 0.15) is 28.7 Å². The SMILES string of the molecule is CCOC(=O)c1ccc(-n2nc(C)c(Cl)c2C)c(N)c1. The van der Waals surface area contributed by atoms with E-state index < -0.39 is 5.97 Å². The third-order valence-electron chi connectivity index (χ3n) is 2.97. The van der Waals surface area contributed by atoms with Crippen LogP contribution in [0.5, 0.6) is 0 Å². The molecule has 2 N–H and O–H groups in total. The molecule has 0 bridgehead atoms. The highest BCUT2D eigenvalue weighted by Crippen LogP contribution is 2.26. The Kier molecular flexibility index (Phi) is 3.99. The van der Waals surface area contributed by atoms with Gasteiger partial charge in [0, 0.05) is 0 Å². The third-order valence-corrected chi connectivity index (χ3v) is 3.52. The number of esters is 1. The van der Waals surface area contributed by atoms with E-state index in [0.717, 1.165) is 11.4 Å². The smallest absolute Gasteiger partial charge is 0.338 e. The summed E-state index contributed by atoms with van der Waals surface area (Å²) in [4.78, 5) is 11.6. The Hall–Kier alpha value is -2.01. The topological polar surface area (TPSA) is 70.1 Å². The van der Waals surface area contributed by atoms with E-state index in [1.54, 1.807) is 29.8 Å². The second kappa shape index (κ2) is 5.54. The van der Waals surface area contributed by atoms with Crippen molar-refractivity contribution >= 4 is 23.3 Å². The molecule has 0 aliphatic carbocycles. The first kappa shape index (κ1) is 14.4. The largest absolute Gasteiger partial charge is 0.462 e. The van der Waals surface area contributed by atoms with Crippen molar-refractivity contribution < 1.29 is 9.53 Å². The van der Waals surface area contributed by atoms with Gasteiger partial charge in [0.25, 0.3) is 0 Å². The maximum absolute atomic E-state index is 11.6. The van der Waals surface area contributed by atoms with Crippen LogP contribution >= 0.6 is 11.6 Å². The highest BCUT2D eigenvalue weighted by molar-refractivity contribution is 6.31. The lowest BCUT2D eigenvalue weighted by atomic mass is 10.1. The number of nitrogens with two attached hydrogens (primary N) is 1. The predicted molar refractivity (Wildman–Crippen MR) is 78.4 cm³/mol. The highest BCUT2D eigenvalue weighted by atomic mass is 35.5. The van der Waals surface area contributed by atoms with Crippen LogP contribution in [-0.4, -0.2) is 22.4 Å². The van der Waals surface area contributed by atoms with Crippen molar-refractivity contribution in [3.05, 3.63) is 40.2 Å². The molecule has 0 atom stereocenters. The molecule has 0 spiro atoms. The minimum atomic E-state index is -0.392. The molecule has 1 aromatic carbocycles. The van der Waals surface area contributed by atoms with E-state index in [-0.39, 0.29) is 0 Å². The number of aryl methyl sites for hydroxylation is 1. The van der Waals surface area contributed by atoms with Crippen LogP contribution in [0.2, 0.25) is 5.02 Å². The number of anilines is 1. The van der Waals surface area contributed by atoms with Gasteiger partial charge in [-0.1, -0.05) is 11.6 Å². The molecule has 106 valence electrons. The number of carbonyl (C=O) groups excluding carboxylic acids is 1. The Labute approximate surface area is 122 Å². The molecular weight excluding hydrogens is 278 g/mol. The fraction of sp³-hybridized carbons (Fsp3) is 0.286. The van der Waals surface area contributed by atoms with E-state index in [4.69, 9.17) is 22.1 Å². The second-order valence-corrected chi connectivity index (χ2v) is 4.77. The van der Waals surface area contributed by atoms with Gasteiger partial charge in [0.2, 0.25) is 0 Å². The first-order valence-electron chi connectivity index (χ1n) is 6.24. The second-order valence-electron chi connectivity index (χ2n) is 4.39. The summed E-state index contributed by atoms with van der Waals surface area (Å²) in [5.74, 6) is -0.392. The summed E-state index contributed by atoms with van der Waals surface area (Å²) >= 11 is 6.13. The lowest BCUT2D eigenvalue weighted by molar-refractivity contribution is 0.0526. The number of nitrogens with zero attached hydrogens (tertiary/aromatic N) is 2. The molecule has 0 saturated heterocycles. The molecule has 2 rings (SSSR count). The quantitative estimate of drug-likeness (QED) is 0.698. The summed E-state index contributed by atoms with van der Waals surface area (Å²) in [5.41, 5.74) is 9.09. The standard InChI is InChI=1S/C14H16ClN3O2/c1-4-20-14(19)10-5-6-12(11(16)7-10)18-9(3)13(15)8(2)17-18/h5-7H,4,16H2,1-3H3. The number of benzene rings is 1. The number of rotatable bonds is 3. The summed E-state index contributed by atoms with van der Waals surface area (Å²) in [6.45, 7) is 5.77. The van der Waals surface area contributed by atoms with Gasteiger partial charge < -0.3 is 10.5 Å². The van der Waals surface area contributed by atoms with Gasteiger partial charge in [0.15, 0.2) is 0 Å². The summed E-state index contributed by atoms with van der Waals surface area (Å²) in [7, 11) is 0. The van der Waals surface area contributed by atoms with Crippen LogP contribution < -0.4 is 5.73 Å². The van der Waals surface area contributed by atoms with Crippen molar-refractivity contribution in [3.63, 3.8) is 0 Å². The van der Waals surface area contributed by atoms with E-state index in [0.29, 0.717) is 28.6 Å². The maximum Gasteiger partial charge on any atom is 0.338 e. The van der Waals surface area contributed by atoms with Gasteiger partial charge in [-0.25, -0.2) is 9.48 Å². The predicted octanol–water partition coefficient (Wildman–Crippen LogP) is 2.90. The van der Waals surface area contributed by atoms with Crippen LogP contribution in [0, 0.1) is 13.8 Å². The first-order chi connectivity index (χ1) is 9.45. The van der Waals surface area contributed by atoms with Crippen LogP contribution in [0.15, 0.2) is 18.2 Å². The number of halogens is 1. The summed E-state index contributed by atoms with van der Waals surface area (Å²) < 4.78 is 6.61. The summed E-state index contributed by atoms with van der Waals surface area (Å²) in [6, 6.07) is 4.98. The first-order valence-corrected chi connectivity index (χ1v) is 6.62. The van der Waals surface area contributed by atoms with Crippen LogP contribution in [-0.2, 0) is 4.74 Å². The van der Waals surface area contributed by atoms with Gasteiger partial charge in [-0.2, -0.15) is 5.10 Å². The summed E-state index contributed by atoms with van der Waals surface area (Å²) in [6.07, 6.45) is 0. The third kappa shape index (κ3) is 2.49. The van der Waals surface area contributed by atoms with Crippen LogP contribution in [0.25, 0.3) is 5.69 Å². The van der Waals surface area contributed by atoms with E-state index in [9.17, 15) is 4.79 Å². The van der Waals surface area contributed by atoms with Crippen molar-refractivity contribution in [3.8, 4) is 5.69 Å². The van der Waals surface area contributed by atoms with Gasteiger partial charge in [0.1, 0.15) is 0 Å². The molecule has 0 fully saturated rings. The monoisotopic (exact) mass is 293 g/mol.